The van der Waals surface area contributed by atoms with Crippen molar-refractivity contribution >= 4 is 27.5 Å². The van der Waals surface area contributed by atoms with E-state index >= 15 is 0 Å². The number of carbonyl (C=O) groups is 2. The van der Waals surface area contributed by atoms with Crippen molar-refractivity contribution in [3.63, 3.8) is 0 Å². The Morgan fingerprint density at radius 2 is 1.68 bits per heavy atom. The lowest BCUT2D eigenvalue weighted by molar-refractivity contribution is -0.129. The van der Waals surface area contributed by atoms with Crippen molar-refractivity contribution < 1.29 is 18.0 Å². The second-order valence-corrected chi connectivity index (χ2v) is 10.2. The van der Waals surface area contributed by atoms with Crippen molar-refractivity contribution in [2.45, 2.75) is 57.4 Å². The molecule has 2 saturated heterocycles. The fourth-order valence-corrected chi connectivity index (χ4v) is 5.89. The number of amides is 2. The second kappa shape index (κ2) is 9.99. The van der Waals surface area contributed by atoms with Crippen LogP contribution in [0.3, 0.4) is 0 Å². The summed E-state index contributed by atoms with van der Waals surface area (Å²) in [5.74, 6) is -0.199. The normalized spacial score (nSPS) is 17.9. The molecule has 1 aromatic carbocycles. The van der Waals surface area contributed by atoms with Gasteiger partial charge in [0.2, 0.25) is 15.9 Å². The first-order chi connectivity index (χ1) is 14.8. The molecule has 9 heteroatoms. The van der Waals surface area contributed by atoms with Crippen molar-refractivity contribution in [1.29, 1.82) is 0 Å². The number of carbonyl (C=O) groups excluding carboxylic acids is 2. The molecule has 2 heterocycles. The fourth-order valence-electron chi connectivity index (χ4n) is 4.41. The highest BCUT2D eigenvalue weighted by Gasteiger charge is 2.28. The Kier molecular flexibility index (Phi) is 7.59. The molecule has 2 aliphatic rings. The highest BCUT2D eigenvalue weighted by atomic mass is 32.2. The molecule has 2 aliphatic heterocycles. The SMILES string of the molecule is CCN(CC)S(=O)(=O)c1ccc(N2CCCC2)c(C(=O)NC2CCN(C(C)=O)CC2)c1. The Hall–Kier alpha value is -2.13. The number of hydrogen-bond donors (Lipinski definition) is 1. The smallest absolute Gasteiger partial charge is 0.253 e. The topological polar surface area (TPSA) is 90.0 Å². The van der Waals surface area contributed by atoms with Gasteiger partial charge >= 0.3 is 0 Å². The van der Waals surface area contributed by atoms with E-state index in [2.05, 4.69) is 10.2 Å². The summed E-state index contributed by atoms with van der Waals surface area (Å²) in [7, 11) is -3.66. The highest BCUT2D eigenvalue weighted by Crippen LogP contribution is 2.29. The number of nitrogens with zero attached hydrogens (tertiary/aromatic N) is 3. The van der Waals surface area contributed by atoms with Crippen LogP contribution in [0.15, 0.2) is 23.1 Å². The minimum absolute atomic E-state index is 0.0300. The lowest BCUT2D eigenvalue weighted by Crippen LogP contribution is -2.46. The maximum absolute atomic E-state index is 13.3. The maximum atomic E-state index is 13.3. The van der Waals surface area contributed by atoms with Gasteiger partial charge in [0.05, 0.1) is 10.5 Å². The van der Waals surface area contributed by atoms with Gasteiger partial charge in [0.25, 0.3) is 5.91 Å². The predicted octanol–water partition coefficient (Wildman–Crippen LogP) is 2.06. The van der Waals surface area contributed by atoms with E-state index in [0.29, 0.717) is 44.6 Å². The summed E-state index contributed by atoms with van der Waals surface area (Å²) in [5.41, 5.74) is 1.19. The zero-order valence-corrected chi connectivity index (χ0v) is 19.6. The summed E-state index contributed by atoms with van der Waals surface area (Å²) in [4.78, 5) is 28.9. The van der Waals surface area contributed by atoms with Gasteiger partial charge in [-0.3, -0.25) is 9.59 Å². The molecule has 1 aromatic rings. The van der Waals surface area contributed by atoms with E-state index in [1.807, 2.05) is 0 Å². The predicted molar refractivity (Wildman–Crippen MR) is 121 cm³/mol. The maximum Gasteiger partial charge on any atom is 0.253 e. The molecule has 0 radical (unpaired) electrons. The molecule has 0 aromatic heterocycles. The van der Waals surface area contributed by atoms with Crippen LogP contribution in [-0.4, -0.2) is 74.7 Å². The molecule has 172 valence electrons. The number of likely N-dealkylation sites (tertiary alicyclic amines) is 1. The Bertz CT molecular complexity index is 900. The number of sulfonamides is 1. The number of anilines is 1. The van der Waals surface area contributed by atoms with Gasteiger partial charge in [0.1, 0.15) is 0 Å². The third kappa shape index (κ3) is 5.20. The quantitative estimate of drug-likeness (QED) is 0.687. The lowest BCUT2D eigenvalue weighted by Gasteiger charge is -2.32. The average Bonchev–Trinajstić information content (AvgIpc) is 3.29. The van der Waals surface area contributed by atoms with Gasteiger partial charge in [0, 0.05) is 57.9 Å². The molecular weight excluding hydrogens is 416 g/mol. The van der Waals surface area contributed by atoms with Crippen LogP contribution in [0.25, 0.3) is 0 Å². The monoisotopic (exact) mass is 450 g/mol. The third-order valence-electron chi connectivity index (χ3n) is 6.28. The fraction of sp³-hybridized carbons (Fsp3) is 0.636. The molecule has 0 saturated carbocycles. The molecule has 0 unspecified atom stereocenters. The van der Waals surface area contributed by atoms with Crippen LogP contribution in [-0.2, 0) is 14.8 Å². The van der Waals surface area contributed by atoms with E-state index in [4.69, 9.17) is 0 Å². The molecule has 31 heavy (non-hydrogen) atoms. The van der Waals surface area contributed by atoms with E-state index in [9.17, 15) is 18.0 Å². The van der Waals surface area contributed by atoms with Crippen molar-refractivity contribution in [2.75, 3.05) is 44.2 Å². The molecule has 2 fully saturated rings. The molecule has 3 rings (SSSR count). The van der Waals surface area contributed by atoms with Crippen LogP contribution in [0.4, 0.5) is 5.69 Å². The summed E-state index contributed by atoms with van der Waals surface area (Å²) in [6.07, 6.45) is 3.51. The Morgan fingerprint density at radius 3 is 2.23 bits per heavy atom. The van der Waals surface area contributed by atoms with Gasteiger partial charge in [-0.15, -0.1) is 0 Å². The van der Waals surface area contributed by atoms with E-state index in [0.717, 1.165) is 31.6 Å². The van der Waals surface area contributed by atoms with Gasteiger partial charge in [-0.05, 0) is 43.9 Å². The second-order valence-electron chi connectivity index (χ2n) is 8.22. The average molecular weight is 451 g/mol. The Balaban J connectivity index is 1.87. The Morgan fingerprint density at radius 1 is 1.06 bits per heavy atom. The number of hydrogen-bond acceptors (Lipinski definition) is 5. The minimum Gasteiger partial charge on any atom is -0.371 e. The number of benzene rings is 1. The van der Waals surface area contributed by atoms with Gasteiger partial charge in [-0.25, -0.2) is 8.42 Å². The van der Waals surface area contributed by atoms with E-state index < -0.39 is 10.0 Å². The highest BCUT2D eigenvalue weighted by molar-refractivity contribution is 7.89. The third-order valence-corrected chi connectivity index (χ3v) is 8.32. The zero-order valence-electron chi connectivity index (χ0n) is 18.8. The molecule has 0 bridgehead atoms. The molecule has 0 atom stereocenters. The summed E-state index contributed by atoms with van der Waals surface area (Å²) in [5, 5.41) is 3.08. The number of nitrogens with one attached hydrogen (secondary N) is 1. The summed E-state index contributed by atoms with van der Waals surface area (Å²) in [6, 6.07) is 4.89. The van der Waals surface area contributed by atoms with E-state index in [1.54, 1.807) is 37.8 Å². The molecule has 0 aliphatic carbocycles. The lowest BCUT2D eigenvalue weighted by atomic mass is 10.0. The molecule has 8 nitrogen and oxygen atoms in total. The van der Waals surface area contributed by atoms with Crippen molar-refractivity contribution in [3.05, 3.63) is 23.8 Å². The largest absolute Gasteiger partial charge is 0.371 e. The molecule has 1 N–H and O–H groups in total. The van der Waals surface area contributed by atoms with Gasteiger partial charge in [0.15, 0.2) is 0 Å². The number of piperidine rings is 1. The summed E-state index contributed by atoms with van der Waals surface area (Å²) >= 11 is 0. The van der Waals surface area contributed by atoms with Crippen LogP contribution in [0, 0.1) is 0 Å². The first-order valence-corrected chi connectivity index (χ1v) is 12.7. The molecular formula is C22H34N4O4S. The number of rotatable bonds is 7. The van der Waals surface area contributed by atoms with Gasteiger partial charge in [-0.1, -0.05) is 13.8 Å². The first-order valence-electron chi connectivity index (χ1n) is 11.2. The van der Waals surface area contributed by atoms with Crippen molar-refractivity contribution in [3.8, 4) is 0 Å². The summed E-state index contributed by atoms with van der Waals surface area (Å²) in [6.45, 7) is 8.89. The van der Waals surface area contributed by atoms with Crippen LogP contribution in [0.5, 0.6) is 0 Å². The van der Waals surface area contributed by atoms with E-state index in [1.165, 1.54) is 10.4 Å². The van der Waals surface area contributed by atoms with E-state index in [-0.39, 0.29) is 22.8 Å². The van der Waals surface area contributed by atoms with Gasteiger partial charge < -0.3 is 15.1 Å². The molecule has 2 amide bonds. The minimum atomic E-state index is -3.66. The van der Waals surface area contributed by atoms with Crippen LogP contribution < -0.4 is 10.2 Å². The zero-order chi connectivity index (χ0) is 22.6. The van der Waals surface area contributed by atoms with Crippen LogP contribution in [0.2, 0.25) is 0 Å². The summed E-state index contributed by atoms with van der Waals surface area (Å²) < 4.78 is 27.5. The van der Waals surface area contributed by atoms with Crippen molar-refractivity contribution in [1.82, 2.24) is 14.5 Å². The van der Waals surface area contributed by atoms with Crippen molar-refractivity contribution in [2.24, 2.45) is 0 Å². The first kappa shape index (κ1) is 23.5. The molecule has 0 spiro atoms. The van der Waals surface area contributed by atoms with Crippen LogP contribution >= 0.6 is 0 Å². The standard InChI is InChI=1S/C22H34N4O4S/c1-4-26(5-2)31(29,30)19-8-9-21(25-12-6-7-13-25)20(16-19)22(28)23-18-10-14-24(15-11-18)17(3)27/h8-9,16,18H,4-7,10-15H2,1-3H3,(H,23,28). The van der Waals surface area contributed by atoms with Gasteiger partial charge in [-0.2, -0.15) is 4.31 Å². The van der Waals surface area contributed by atoms with Crippen LogP contribution in [0.1, 0.15) is 56.8 Å². The Labute approximate surface area is 185 Å².